The first-order chi connectivity index (χ1) is 2.50. The van der Waals surface area contributed by atoms with Crippen molar-refractivity contribution in [2.24, 2.45) is 0 Å². The van der Waals surface area contributed by atoms with Gasteiger partial charge in [-0.25, -0.2) is 0 Å². The summed E-state index contributed by atoms with van der Waals surface area (Å²) in [5, 5.41) is 3.00. The zero-order chi connectivity index (χ0) is 3.54. The molecule has 3 heteroatoms. The van der Waals surface area contributed by atoms with Gasteiger partial charge in [0, 0.05) is 6.54 Å². The quantitative estimate of drug-likeness (QED) is 0.317. The van der Waals surface area contributed by atoms with E-state index < -0.39 is 0 Å². The summed E-state index contributed by atoms with van der Waals surface area (Å²) in [7, 11) is 0. The van der Waals surface area contributed by atoms with E-state index in [0.717, 1.165) is 19.9 Å². The second-order valence-electron chi connectivity index (χ2n) is 1.05. The Hall–Kier alpha value is 0.920. The molecule has 0 spiro atoms. The number of ether oxygens (including phenoxy) is 1. The van der Waals surface area contributed by atoms with Crippen molar-refractivity contribution in [3.8, 4) is 0 Å². The van der Waals surface area contributed by atoms with Crippen LogP contribution < -0.4 is 34.9 Å². The van der Waals surface area contributed by atoms with E-state index in [2.05, 4.69) is 5.32 Å². The van der Waals surface area contributed by atoms with Gasteiger partial charge in [0.1, 0.15) is 0 Å². The summed E-state index contributed by atoms with van der Waals surface area (Å²) in [6, 6.07) is 0. The van der Waals surface area contributed by atoms with Crippen LogP contribution in [0.3, 0.4) is 0 Å². The van der Waals surface area contributed by atoms with Crippen molar-refractivity contribution in [3.63, 3.8) is 0 Å². The van der Waals surface area contributed by atoms with Gasteiger partial charge in [0.25, 0.3) is 0 Å². The zero-order valence-electron chi connectivity index (χ0n) is 4.03. The molecule has 1 aliphatic rings. The van der Waals surface area contributed by atoms with Crippen LogP contribution in [0.1, 0.15) is 0 Å². The maximum absolute atomic E-state index is 4.83. The summed E-state index contributed by atoms with van der Waals surface area (Å²) in [6.45, 7) is 2.67. The first-order valence-corrected chi connectivity index (χ1v) is 1.78. The maximum Gasteiger partial charge on any atom is 1.00 e. The molecule has 0 aromatic carbocycles. The van der Waals surface area contributed by atoms with Crippen LogP contribution in [0.2, 0.25) is 0 Å². The molecule has 30 valence electrons. The standard InChI is InChI=1S/C3H7NO.Na/c1-2-5-3-4-1;/h4H,1-3H2;/q;+1. The van der Waals surface area contributed by atoms with E-state index in [9.17, 15) is 0 Å². The van der Waals surface area contributed by atoms with Crippen LogP contribution in [-0.4, -0.2) is 19.9 Å². The minimum Gasteiger partial charge on any atom is -0.365 e. The third-order valence-electron chi connectivity index (χ3n) is 0.627. The summed E-state index contributed by atoms with van der Waals surface area (Å²) in [5.41, 5.74) is 0. The molecule has 0 unspecified atom stereocenters. The molecular weight excluding hydrogens is 89.0 g/mol. The molecule has 6 heavy (non-hydrogen) atoms. The number of nitrogens with one attached hydrogen (secondary N) is 1. The van der Waals surface area contributed by atoms with Crippen molar-refractivity contribution in [1.29, 1.82) is 0 Å². The molecule has 1 heterocycles. The van der Waals surface area contributed by atoms with Gasteiger partial charge in [0.15, 0.2) is 0 Å². The summed E-state index contributed by atoms with van der Waals surface area (Å²) in [6.07, 6.45) is 0. The average Bonchev–Trinajstić information content (AvgIpc) is 1.76. The van der Waals surface area contributed by atoms with Crippen molar-refractivity contribution in [1.82, 2.24) is 5.32 Å². The van der Waals surface area contributed by atoms with Crippen LogP contribution in [0.5, 0.6) is 0 Å². The van der Waals surface area contributed by atoms with Crippen molar-refractivity contribution in [3.05, 3.63) is 0 Å². The summed E-state index contributed by atoms with van der Waals surface area (Å²) in [4.78, 5) is 0. The fourth-order valence-electron chi connectivity index (χ4n) is 0.361. The predicted molar refractivity (Wildman–Crippen MR) is 18.8 cm³/mol. The van der Waals surface area contributed by atoms with Crippen molar-refractivity contribution >= 4 is 0 Å². The Kier molecular flexibility index (Phi) is 4.72. The van der Waals surface area contributed by atoms with E-state index in [1.165, 1.54) is 0 Å². The van der Waals surface area contributed by atoms with Gasteiger partial charge in [-0.1, -0.05) is 0 Å². The first-order valence-electron chi connectivity index (χ1n) is 1.78. The average molecular weight is 96.1 g/mol. The molecule has 0 aromatic heterocycles. The van der Waals surface area contributed by atoms with Crippen LogP contribution in [0.15, 0.2) is 0 Å². The Morgan fingerprint density at radius 1 is 1.50 bits per heavy atom. The maximum atomic E-state index is 4.83. The van der Waals surface area contributed by atoms with E-state index in [0.29, 0.717) is 0 Å². The van der Waals surface area contributed by atoms with Gasteiger partial charge in [-0.3, -0.25) is 5.32 Å². The Labute approximate surface area is 59.5 Å². The van der Waals surface area contributed by atoms with Gasteiger partial charge >= 0.3 is 29.6 Å². The van der Waals surface area contributed by atoms with Crippen LogP contribution in [0.4, 0.5) is 0 Å². The van der Waals surface area contributed by atoms with E-state index in [1.807, 2.05) is 0 Å². The Morgan fingerprint density at radius 3 is 2.50 bits per heavy atom. The van der Waals surface area contributed by atoms with E-state index in [-0.39, 0.29) is 29.6 Å². The van der Waals surface area contributed by atoms with Gasteiger partial charge in [-0.15, -0.1) is 0 Å². The normalized spacial score (nSPS) is 20.0. The van der Waals surface area contributed by atoms with Gasteiger partial charge in [-0.2, -0.15) is 0 Å². The molecule has 0 radical (unpaired) electrons. The molecule has 1 N–H and O–H groups in total. The van der Waals surface area contributed by atoms with Crippen LogP contribution >= 0.6 is 0 Å². The molecule has 0 aliphatic carbocycles. The van der Waals surface area contributed by atoms with Crippen LogP contribution in [0, 0.1) is 0 Å². The fraction of sp³-hybridized carbons (Fsp3) is 1.00. The molecule has 0 saturated carbocycles. The van der Waals surface area contributed by atoms with Gasteiger partial charge in [0.2, 0.25) is 0 Å². The molecule has 1 saturated heterocycles. The zero-order valence-corrected chi connectivity index (χ0v) is 6.03. The first kappa shape index (κ1) is 6.92. The second-order valence-corrected chi connectivity index (χ2v) is 1.05. The largest absolute Gasteiger partial charge is 1.00 e. The molecular formula is C3H7NNaO+. The molecule has 0 amide bonds. The van der Waals surface area contributed by atoms with E-state index >= 15 is 0 Å². The van der Waals surface area contributed by atoms with Crippen molar-refractivity contribution in [2.75, 3.05) is 19.9 Å². The minimum absolute atomic E-state index is 0. The Bertz CT molecular complexity index is 22.4. The molecule has 0 aromatic rings. The topological polar surface area (TPSA) is 21.3 Å². The van der Waals surface area contributed by atoms with Gasteiger partial charge in [-0.05, 0) is 0 Å². The third kappa shape index (κ3) is 2.16. The van der Waals surface area contributed by atoms with Crippen LogP contribution in [-0.2, 0) is 4.74 Å². The summed E-state index contributed by atoms with van der Waals surface area (Å²) < 4.78 is 4.83. The Balaban J connectivity index is 0.000000250. The summed E-state index contributed by atoms with van der Waals surface area (Å²) in [5.74, 6) is 0. The molecule has 1 rings (SSSR count). The minimum atomic E-state index is 0. The van der Waals surface area contributed by atoms with E-state index in [1.54, 1.807) is 0 Å². The van der Waals surface area contributed by atoms with E-state index in [4.69, 9.17) is 4.74 Å². The van der Waals surface area contributed by atoms with Crippen molar-refractivity contribution in [2.45, 2.75) is 0 Å². The fourth-order valence-corrected chi connectivity index (χ4v) is 0.361. The molecule has 2 nitrogen and oxygen atoms in total. The van der Waals surface area contributed by atoms with Crippen LogP contribution in [0.25, 0.3) is 0 Å². The monoisotopic (exact) mass is 96.0 g/mol. The smallest absolute Gasteiger partial charge is 0.365 e. The van der Waals surface area contributed by atoms with Gasteiger partial charge < -0.3 is 4.74 Å². The molecule has 0 atom stereocenters. The number of rotatable bonds is 0. The molecule has 1 aliphatic heterocycles. The predicted octanol–water partition coefficient (Wildman–Crippen LogP) is -3.43. The molecule has 0 bridgehead atoms. The van der Waals surface area contributed by atoms with Crippen molar-refractivity contribution < 1.29 is 34.3 Å². The Morgan fingerprint density at radius 2 is 2.33 bits per heavy atom. The number of hydrogen-bond acceptors (Lipinski definition) is 2. The SMILES string of the molecule is C1COCN1.[Na+]. The second kappa shape index (κ2) is 4.09. The number of hydrogen-bond donors (Lipinski definition) is 1. The molecule has 1 fully saturated rings. The van der Waals surface area contributed by atoms with Gasteiger partial charge in [0.05, 0.1) is 13.3 Å². The summed E-state index contributed by atoms with van der Waals surface area (Å²) >= 11 is 0. The third-order valence-corrected chi connectivity index (χ3v) is 0.627.